The molecule has 0 atom stereocenters. The van der Waals surface area contributed by atoms with Crippen LogP contribution in [0.3, 0.4) is 0 Å². The van der Waals surface area contributed by atoms with Gasteiger partial charge in [-0.05, 0) is 19.1 Å². The van der Waals surface area contributed by atoms with Gasteiger partial charge >= 0.3 is 0 Å². The Morgan fingerprint density at radius 2 is 2.23 bits per heavy atom. The van der Waals surface area contributed by atoms with Crippen LogP contribution in [0.25, 0.3) is 22.2 Å². The van der Waals surface area contributed by atoms with Crippen molar-refractivity contribution in [2.45, 2.75) is 26.4 Å². The van der Waals surface area contributed by atoms with Gasteiger partial charge in [0, 0.05) is 53.6 Å². The van der Waals surface area contributed by atoms with Crippen molar-refractivity contribution in [1.29, 1.82) is 0 Å². The van der Waals surface area contributed by atoms with Crippen LogP contribution in [0.5, 0.6) is 0 Å². The van der Waals surface area contributed by atoms with E-state index in [-0.39, 0.29) is 0 Å². The van der Waals surface area contributed by atoms with E-state index in [2.05, 4.69) is 28.1 Å². The number of nitrogens with one attached hydrogen (secondary N) is 1. The van der Waals surface area contributed by atoms with Gasteiger partial charge in [0.05, 0.1) is 27.8 Å². The number of halogens is 2. The molecule has 4 rings (SSSR count). The van der Waals surface area contributed by atoms with Crippen molar-refractivity contribution in [2.24, 2.45) is 0 Å². The third kappa shape index (κ3) is 2.74. The lowest BCUT2D eigenvalue weighted by molar-refractivity contribution is 0.324. The molecule has 1 N–H and O–H groups in total. The molecule has 2 aromatic heterocycles. The van der Waals surface area contributed by atoms with E-state index in [9.17, 15) is 0 Å². The van der Waals surface area contributed by atoms with Gasteiger partial charge in [0.25, 0.3) is 0 Å². The number of H-pyrrole nitrogens is 1. The molecular weight excluding hydrogens is 367 g/mol. The molecule has 1 aromatic carbocycles. The fourth-order valence-corrected chi connectivity index (χ4v) is 4.01. The minimum atomic E-state index is 0.530. The van der Waals surface area contributed by atoms with Gasteiger partial charge in [0.15, 0.2) is 0 Å². The van der Waals surface area contributed by atoms with Crippen molar-refractivity contribution < 1.29 is 0 Å². The molecule has 26 heavy (non-hydrogen) atoms. The highest BCUT2D eigenvalue weighted by Gasteiger charge is 2.25. The number of fused-ring (bicyclic) bond motifs is 3. The van der Waals surface area contributed by atoms with E-state index in [1.807, 2.05) is 36.0 Å². The van der Waals surface area contributed by atoms with Crippen molar-refractivity contribution >= 4 is 34.1 Å². The Labute approximate surface area is 162 Å². The van der Waals surface area contributed by atoms with Crippen LogP contribution in [0.1, 0.15) is 18.2 Å². The van der Waals surface area contributed by atoms with Gasteiger partial charge in [-0.2, -0.15) is 5.10 Å². The molecule has 134 valence electrons. The van der Waals surface area contributed by atoms with Gasteiger partial charge in [0.2, 0.25) is 0 Å². The molecule has 0 bridgehead atoms. The predicted molar refractivity (Wildman–Crippen MR) is 109 cm³/mol. The van der Waals surface area contributed by atoms with Crippen LogP contribution in [-0.2, 0) is 19.5 Å². The maximum atomic E-state index is 6.53. The normalized spacial score (nSPS) is 13.9. The van der Waals surface area contributed by atoms with Gasteiger partial charge in [-0.3, -0.25) is 4.68 Å². The third-order valence-corrected chi connectivity index (χ3v) is 5.70. The zero-order valence-corrected chi connectivity index (χ0v) is 16.2. The van der Waals surface area contributed by atoms with Crippen molar-refractivity contribution in [2.75, 3.05) is 6.54 Å². The lowest BCUT2D eigenvalue weighted by atomic mass is 9.99. The lowest BCUT2D eigenvalue weighted by Gasteiger charge is -2.29. The molecule has 0 radical (unpaired) electrons. The molecule has 0 aliphatic carbocycles. The molecule has 4 nitrogen and oxygen atoms in total. The molecule has 0 fully saturated rings. The number of allylic oxidation sites excluding steroid dienone is 2. The largest absolute Gasteiger partial charge is 0.371 e. The first-order valence-corrected chi connectivity index (χ1v) is 9.31. The molecular formula is C20H20Cl2N4. The fraction of sp³-hybridized carbons (Fsp3) is 0.250. The topological polar surface area (TPSA) is 36.9 Å². The Morgan fingerprint density at radius 1 is 1.42 bits per heavy atom. The van der Waals surface area contributed by atoms with E-state index in [4.69, 9.17) is 23.2 Å². The van der Waals surface area contributed by atoms with Gasteiger partial charge in [-0.25, -0.2) is 0 Å². The molecule has 3 aromatic rings. The minimum absolute atomic E-state index is 0.530. The van der Waals surface area contributed by atoms with Crippen LogP contribution in [0, 0.1) is 0 Å². The number of nitrogens with zero attached hydrogens (tertiary/aromatic N) is 3. The van der Waals surface area contributed by atoms with Crippen LogP contribution in [0.15, 0.2) is 43.3 Å². The minimum Gasteiger partial charge on any atom is -0.371 e. The average molecular weight is 387 g/mol. The van der Waals surface area contributed by atoms with Crippen LogP contribution < -0.4 is 0 Å². The average Bonchev–Trinajstić information content (AvgIpc) is 3.22. The Kier molecular flexibility index (Phi) is 4.33. The second-order valence-electron chi connectivity index (χ2n) is 6.67. The van der Waals surface area contributed by atoms with Crippen LogP contribution >= 0.6 is 23.2 Å². The summed E-state index contributed by atoms with van der Waals surface area (Å²) in [4.78, 5) is 5.79. The molecule has 0 spiro atoms. The standard InChI is InChI=1S/C20H20Cl2N4/c1-4-7-26-9-6-17(24-26)13-10-15(21)19(22)20-18(13)14-11-25(12(2)3)8-5-16(14)23-20/h4,6,9-10,23H,1-2,5,7-8,11H2,3H3. The quantitative estimate of drug-likeness (QED) is 0.608. The first-order chi connectivity index (χ1) is 12.5. The Balaban J connectivity index is 1.95. The highest BCUT2D eigenvalue weighted by atomic mass is 35.5. The first kappa shape index (κ1) is 17.3. The van der Waals surface area contributed by atoms with Gasteiger partial charge in [0.1, 0.15) is 0 Å². The summed E-state index contributed by atoms with van der Waals surface area (Å²) in [7, 11) is 0. The Hall–Kier alpha value is -2.17. The summed E-state index contributed by atoms with van der Waals surface area (Å²) in [5, 5.41) is 6.87. The number of aromatic amines is 1. The fourth-order valence-electron chi connectivity index (χ4n) is 3.61. The van der Waals surface area contributed by atoms with E-state index in [1.165, 1.54) is 11.3 Å². The third-order valence-electron chi connectivity index (χ3n) is 4.91. The molecule has 6 heteroatoms. The summed E-state index contributed by atoms with van der Waals surface area (Å²) in [5.41, 5.74) is 6.31. The highest BCUT2D eigenvalue weighted by Crippen LogP contribution is 2.42. The summed E-state index contributed by atoms with van der Waals surface area (Å²) in [6.07, 6.45) is 4.70. The zero-order chi connectivity index (χ0) is 18.4. The van der Waals surface area contributed by atoms with Crippen LogP contribution in [0.4, 0.5) is 0 Å². The van der Waals surface area contributed by atoms with E-state index >= 15 is 0 Å². The number of benzene rings is 1. The van der Waals surface area contributed by atoms with Crippen molar-refractivity contribution in [1.82, 2.24) is 19.7 Å². The van der Waals surface area contributed by atoms with Gasteiger partial charge in [-0.15, -0.1) is 6.58 Å². The molecule has 3 heterocycles. The summed E-state index contributed by atoms with van der Waals surface area (Å²) < 4.78 is 1.86. The Morgan fingerprint density at radius 3 is 2.96 bits per heavy atom. The summed E-state index contributed by atoms with van der Waals surface area (Å²) in [5.74, 6) is 0. The molecule has 0 amide bonds. The van der Waals surface area contributed by atoms with E-state index in [1.54, 1.807) is 0 Å². The second-order valence-corrected chi connectivity index (χ2v) is 7.46. The monoisotopic (exact) mass is 386 g/mol. The number of hydrogen-bond acceptors (Lipinski definition) is 2. The highest BCUT2D eigenvalue weighted by molar-refractivity contribution is 6.45. The van der Waals surface area contributed by atoms with Gasteiger partial charge < -0.3 is 9.88 Å². The van der Waals surface area contributed by atoms with E-state index in [0.29, 0.717) is 16.6 Å². The number of aromatic nitrogens is 3. The molecule has 1 aliphatic rings. The SMILES string of the molecule is C=CCn1ccc(-c2cc(Cl)c(Cl)c3[nH]c4c(c23)CN(C(=C)C)CC4)n1. The van der Waals surface area contributed by atoms with E-state index in [0.717, 1.165) is 47.4 Å². The van der Waals surface area contributed by atoms with Crippen LogP contribution in [0.2, 0.25) is 10.0 Å². The predicted octanol–water partition coefficient (Wildman–Crippen LogP) is 5.42. The number of rotatable bonds is 4. The molecule has 0 saturated heterocycles. The summed E-state index contributed by atoms with van der Waals surface area (Å²) in [6, 6.07) is 3.92. The summed E-state index contributed by atoms with van der Waals surface area (Å²) >= 11 is 13.0. The van der Waals surface area contributed by atoms with Crippen LogP contribution in [-0.4, -0.2) is 26.2 Å². The maximum Gasteiger partial charge on any atom is 0.0930 e. The summed E-state index contributed by atoms with van der Waals surface area (Å²) in [6.45, 7) is 12.3. The van der Waals surface area contributed by atoms with Crippen molar-refractivity contribution in [3.8, 4) is 11.3 Å². The van der Waals surface area contributed by atoms with Crippen molar-refractivity contribution in [3.63, 3.8) is 0 Å². The second kappa shape index (κ2) is 6.53. The molecule has 0 unspecified atom stereocenters. The smallest absolute Gasteiger partial charge is 0.0930 e. The maximum absolute atomic E-state index is 6.53. The molecule has 1 aliphatic heterocycles. The first-order valence-electron chi connectivity index (χ1n) is 8.56. The van der Waals surface area contributed by atoms with E-state index < -0.39 is 0 Å². The number of hydrogen-bond donors (Lipinski definition) is 1. The van der Waals surface area contributed by atoms with Crippen molar-refractivity contribution in [3.05, 3.63) is 64.6 Å². The lowest BCUT2D eigenvalue weighted by Crippen LogP contribution is -2.28. The molecule has 0 saturated carbocycles. The zero-order valence-electron chi connectivity index (χ0n) is 14.6. The van der Waals surface area contributed by atoms with Gasteiger partial charge in [-0.1, -0.05) is 35.9 Å². The Bertz CT molecular complexity index is 1030.